The predicted octanol–water partition coefficient (Wildman–Crippen LogP) is 0.0109. The van der Waals surface area contributed by atoms with Crippen molar-refractivity contribution in [1.82, 2.24) is 14.5 Å². The van der Waals surface area contributed by atoms with Gasteiger partial charge >= 0.3 is 0 Å². The van der Waals surface area contributed by atoms with Gasteiger partial charge in [0.25, 0.3) is 0 Å². The Morgan fingerprint density at radius 1 is 1.20 bits per heavy atom. The zero-order chi connectivity index (χ0) is 14.8. The van der Waals surface area contributed by atoms with Crippen LogP contribution in [0.5, 0.6) is 0 Å². The molecule has 2 aliphatic heterocycles. The van der Waals surface area contributed by atoms with E-state index in [0.717, 1.165) is 45.3 Å². The van der Waals surface area contributed by atoms with Crippen molar-refractivity contribution in [3.8, 4) is 0 Å². The summed E-state index contributed by atoms with van der Waals surface area (Å²) in [5.41, 5.74) is 0. The fourth-order valence-electron chi connectivity index (χ4n) is 3.12. The van der Waals surface area contributed by atoms with Gasteiger partial charge in [0, 0.05) is 25.7 Å². The van der Waals surface area contributed by atoms with E-state index >= 15 is 0 Å². The summed E-state index contributed by atoms with van der Waals surface area (Å²) in [6.07, 6.45) is 5.14. The summed E-state index contributed by atoms with van der Waals surface area (Å²) in [7, 11) is -3.18. The number of likely N-dealkylation sites (tertiary alicyclic amines) is 2. The molecule has 1 N–H and O–H groups in total. The summed E-state index contributed by atoms with van der Waals surface area (Å²) < 4.78 is 25.3. The van der Waals surface area contributed by atoms with Crippen LogP contribution in [0.25, 0.3) is 0 Å². The van der Waals surface area contributed by atoms with E-state index in [-0.39, 0.29) is 18.0 Å². The molecular weight excluding hydrogens is 278 g/mol. The molecule has 116 valence electrons. The fraction of sp³-hybridized carbons (Fsp3) is 0.923. The third-order valence-electron chi connectivity index (χ3n) is 4.16. The first-order chi connectivity index (χ1) is 9.37. The monoisotopic (exact) mass is 303 g/mol. The molecule has 20 heavy (non-hydrogen) atoms. The van der Waals surface area contributed by atoms with Crippen LogP contribution in [0.2, 0.25) is 0 Å². The van der Waals surface area contributed by atoms with Gasteiger partial charge in [-0.3, -0.25) is 9.69 Å². The molecule has 0 aliphatic carbocycles. The minimum atomic E-state index is -3.18. The fourth-order valence-corrected chi connectivity index (χ4v) is 3.91. The molecule has 0 bridgehead atoms. The van der Waals surface area contributed by atoms with Crippen molar-refractivity contribution in [2.24, 2.45) is 0 Å². The summed E-state index contributed by atoms with van der Waals surface area (Å²) in [6.45, 7) is 5.14. The van der Waals surface area contributed by atoms with Crippen molar-refractivity contribution < 1.29 is 13.2 Å². The Bertz CT molecular complexity index is 446. The highest BCUT2D eigenvalue weighted by molar-refractivity contribution is 7.88. The number of hydrogen-bond acceptors (Lipinski definition) is 4. The molecule has 6 nitrogen and oxygen atoms in total. The molecule has 0 aromatic carbocycles. The number of carbonyl (C=O) groups is 1. The summed E-state index contributed by atoms with van der Waals surface area (Å²) in [5.74, 6) is 0.183. The van der Waals surface area contributed by atoms with Crippen molar-refractivity contribution in [2.45, 2.75) is 44.7 Å². The number of piperidine rings is 1. The smallest absolute Gasteiger partial charge is 0.239 e. The second kappa shape index (κ2) is 6.41. The lowest BCUT2D eigenvalue weighted by Gasteiger charge is -2.37. The number of amides is 1. The van der Waals surface area contributed by atoms with E-state index in [1.807, 2.05) is 11.8 Å². The van der Waals surface area contributed by atoms with Crippen molar-refractivity contribution in [1.29, 1.82) is 0 Å². The van der Waals surface area contributed by atoms with Crippen molar-refractivity contribution in [3.63, 3.8) is 0 Å². The summed E-state index contributed by atoms with van der Waals surface area (Å²) in [5, 5.41) is 0. The lowest BCUT2D eigenvalue weighted by Crippen LogP contribution is -2.54. The topological polar surface area (TPSA) is 69.7 Å². The normalized spacial score (nSPS) is 26.7. The maximum absolute atomic E-state index is 12.4. The Morgan fingerprint density at radius 2 is 1.85 bits per heavy atom. The number of carbonyl (C=O) groups excluding carboxylic acids is 1. The molecule has 2 fully saturated rings. The average Bonchev–Trinajstić information content (AvgIpc) is 2.89. The van der Waals surface area contributed by atoms with E-state index in [0.29, 0.717) is 6.54 Å². The van der Waals surface area contributed by atoms with E-state index in [2.05, 4.69) is 9.62 Å². The molecule has 0 radical (unpaired) electrons. The maximum Gasteiger partial charge on any atom is 0.239 e. The van der Waals surface area contributed by atoms with Gasteiger partial charge in [-0.15, -0.1) is 0 Å². The van der Waals surface area contributed by atoms with Crippen LogP contribution in [0.3, 0.4) is 0 Å². The number of nitrogens with zero attached hydrogens (tertiary/aromatic N) is 2. The predicted molar refractivity (Wildman–Crippen MR) is 77.9 cm³/mol. The van der Waals surface area contributed by atoms with E-state index in [1.54, 1.807) is 0 Å². The Kier molecular flexibility index (Phi) is 5.04. The van der Waals surface area contributed by atoms with E-state index in [4.69, 9.17) is 0 Å². The molecule has 2 rings (SSSR count). The van der Waals surface area contributed by atoms with Gasteiger partial charge in [-0.25, -0.2) is 13.1 Å². The van der Waals surface area contributed by atoms with Crippen LogP contribution in [-0.2, 0) is 14.8 Å². The molecule has 2 aliphatic rings. The average molecular weight is 303 g/mol. The number of nitrogens with one attached hydrogen (secondary N) is 1. The van der Waals surface area contributed by atoms with Crippen molar-refractivity contribution >= 4 is 15.9 Å². The van der Waals surface area contributed by atoms with E-state index < -0.39 is 10.0 Å². The summed E-state index contributed by atoms with van der Waals surface area (Å²) in [6, 6.07) is -0.232. The zero-order valence-electron chi connectivity index (χ0n) is 12.3. The highest BCUT2D eigenvalue weighted by Gasteiger charge is 2.31. The lowest BCUT2D eigenvalue weighted by atomic mass is 10.0. The van der Waals surface area contributed by atoms with Crippen LogP contribution in [-0.4, -0.2) is 68.6 Å². The molecular formula is C13H25N3O3S. The van der Waals surface area contributed by atoms with Crippen molar-refractivity contribution in [3.05, 3.63) is 0 Å². The number of sulfonamides is 1. The molecule has 1 amide bonds. The highest BCUT2D eigenvalue weighted by atomic mass is 32.2. The number of hydrogen-bond donors (Lipinski definition) is 1. The quantitative estimate of drug-likeness (QED) is 0.794. The van der Waals surface area contributed by atoms with Gasteiger partial charge in [0.2, 0.25) is 15.9 Å². The molecule has 2 atom stereocenters. The van der Waals surface area contributed by atoms with Crippen LogP contribution in [0.4, 0.5) is 0 Å². The Labute approximate surface area is 121 Å². The van der Waals surface area contributed by atoms with E-state index in [9.17, 15) is 13.2 Å². The molecule has 2 saturated heterocycles. The van der Waals surface area contributed by atoms with Gasteiger partial charge in [-0.1, -0.05) is 0 Å². The van der Waals surface area contributed by atoms with E-state index in [1.165, 1.54) is 6.26 Å². The maximum atomic E-state index is 12.4. The highest BCUT2D eigenvalue weighted by Crippen LogP contribution is 2.17. The van der Waals surface area contributed by atoms with Crippen LogP contribution in [0.1, 0.15) is 32.6 Å². The zero-order valence-corrected chi connectivity index (χ0v) is 13.2. The van der Waals surface area contributed by atoms with Gasteiger partial charge in [0.05, 0.1) is 12.3 Å². The standard InChI is InChI=1S/C13H25N3O3S/c1-11(13(17)15-7-3-4-8-15)16-9-5-6-12(10-16)14-20(2,18)19/h11-12,14H,3-10H2,1-2H3/t11-,12+/m0/s1. The number of rotatable bonds is 4. The Balaban J connectivity index is 1.92. The largest absolute Gasteiger partial charge is 0.341 e. The van der Waals surface area contributed by atoms with Gasteiger partial charge in [-0.2, -0.15) is 0 Å². The first kappa shape index (κ1) is 15.7. The summed E-state index contributed by atoms with van der Waals surface area (Å²) in [4.78, 5) is 16.4. The molecule has 0 spiro atoms. The first-order valence-electron chi connectivity index (χ1n) is 7.37. The molecule has 0 aromatic heterocycles. The molecule has 2 heterocycles. The molecule has 0 aromatic rings. The van der Waals surface area contributed by atoms with Crippen LogP contribution < -0.4 is 4.72 Å². The van der Waals surface area contributed by atoms with Gasteiger partial charge in [-0.05, 0) is 39.2 Å². The third-order valence-corrected chi connectivity index (χ3v) is 4.92. The van der Waals surface area contributed by atoms with Crippen LogP contribution in [0.15, 0.2) is 0 Å². The van der Waals surface area contributed by atoms with Gasteiger partial charge in [0.1, 0.15) is 0 Å². The second-order valence-corrected chi connectivity index (χ2v) is 7.71. The van der Waals surface area contributed by atoms with Gasteiger partial charge < -0.3 is 4.90 Å². The Hall–Kier alpha value is -0.660. The van der Waals surface area contributed by atoms with Crippen LogP contribution >= 0.6 is 0 Å². The van der Waals surface area contributed by atoms with Gasteiger partial charge in [0.15, 0.2) is 0 Å². The third kappa shape index (κ3) is 4.17. The minimum absolute atomic E-state index is 0.0763. The minimum Gasteiger partial charge on any atom is -0.341 e. The molecule has 0 saturated carbocycles. The first-order valence-corrected chi connectivity index (χ1v) is 9.26. The Morgan fingerprint density at radius 3 is 2.45 bits per heavy atom. The summed E-state index contributed by atoms with van der Waals surface area (Å²) >= 11 is 0. The second-order valence-electron chi connectivity index (χ2n) is 5.93. The lowest BCUT2D eigenvalue weighted by molar-refractivity contribution is -0.135. The van der Waals surface area contributed by atoms with Crippen LogP contribution in [0, 0.1) is 0 Å². The molecule has 0 unspecified atom stereocenters. The molecule has 7 heteroatoms. The van der Waals surface area contributed by atoms with Crippen molar-refractivity contribution in [2.75, 3.05) is 32.4 Å². The SMILES string of the molecule is C[C@@H](C(=O)N1CCCC1)N1CCC[C@@H](NS(C)(=O)=O)C1.